The van der Waals surface area contributed by atoms with E-state index in [1.54, 1.807) is 4.68 Å². The fourth-order valence-corrected chi connectivity index (χ4v) is 2.22. The zero-order chi connectivity index (χ0) is 9.60. The number of aromatic nitrogens is 4. The second kappa shape index (κ2) is 2.68. The smallest absolute Gasteiger partial charge is 0.242 e. The lowest BCUT2D eigenvalue weighted by atomic mass is 10.0. The average molecular weight is 193 g/mol. The van der Waals surface area contributed by atoms with Crippen LogP contribution in [0.5, 0.6) is 0 Å². The maximum absolute atomic E-state index is 3.92. The highest BCUT2D eigenvalue weighted by Crippen LogP contribution is 2.61. The molecule has 0 aliphatic heterocycles. The Balaban J connectivity index is 1.61. The van der Waals surface area contributed by atoms with Crippen LogP contribution in [0.4, 0.5) is 5.95 Å². The number of nitrogens with one attached hydrogen (secondary N) is 1. The van der Waals surface area contributed by atoms with Gasteiger partial charge in [0, 0.05) is 13.6 Å². The summed E-state index contributed by atoms with van der Waals surface area (Å²) < 4.78 is 1.68. The van der Waals surface area contributed by atoms with Gasteiger partial charge in [0.05, 0.1) is 0 Å². The molecule has 1 aromatic rings. The molecule has 76 valence electrons. The SMILES string of the molecule is Cn1nnnc1NCC1(C2CC2)CC1. The van der Waals surface area contributed by atoms with Crippen LogP contribution in [0.3, 0.4) is 0 Å². The van der Waals surface area contributed by atoms with Crippen LogP contribution in [-0.2, 0) is 7.05 Å². The predicted molar refractivity (Wildman–Crippen MR) is 51.7 cm³/mol. The van der Waals surface area contributed by atoms with E-state index < -0.39 is 0 Å². The number of anilines is 1. The van der Waals surface area contributed by atoms with Crippen molar-refractivity contribution in [3.05, 3.63) is 0 Å². The Bertz CT molecular complexity index is 337. The third-order valence-corrected chi connectivity index (χ3v) is 3.55. The van der Waals surface area contributed by atoms with Gasteiger partial charge in [0.1, 0.15) is 0 Å². The van der Waals surface area contributed by atoms with Gasteiger partial charge in [-0.2, -0.15) is 0 Å². The van der Waals surface area contributed by atoms with Crippen LogP contribution < -0.4 is 5.32 Å². The summed E-state index contributed by atoms with van der Waals surface area (Å²) in [7, 11) is 1.86. The number of rotatable bonds is 4. The van der Waals surface area contributed by atoms with Crippen LogP contribution in [0.2, 0.25) is 0 Å². The van der Waals surface area contributed by atoms with E-state index in [-0.39, 0.29) is 0 Å². The number of hydrogen-bond donors (Lipinski definition) is 1. The Morgan fingerprint density at radius 3 is 2.79 bits per heavy atom. The lowest BCUT2D eigenvalue weighted by molar-refractivity contribution is 0.464. The molecule has 0 radical (unpaired) electrons. The fourth-order valence-electron chi connectivity index (χ4n) is 2.22. The summed E-state index contributed by atoms with van der Waals surface area (Å²) in [6, 6.07) is 0. The summed E-state index contributed by atoms with van der Waals surface area (Å²) in [5.74, 6) is 1.77. The van der Waals surface area contributed by atoms with Gasteiger partial charge in [0.25, 0.3) is 0 Å². The second-order valence-corrected chi connectivity index (χ2v) is 4.62. The van der Waals surface area contributed by atoms with Gasteiger partial charge in [0.15, 0.2) is 0 Å². The molecule has 0 unspecified atom stereocenters. The van der Waals surface area contributed by atoms with Gasteiger partial charge in [-0.15, -0.1) is 0 Å². The van der Waals surface area contributed by atoms with E-state index in [0.717, 1.165) is 18.4 Å². The highest BCUT2D eigenvalue weighted by atomic mass is 15.6. The quantitative estimate of drug-likeness (QED) is 0.769. The van der Waals surface area contributed by atoms with Crippen LogP contribution >= 0.6 is 0 Å². The van der Waals surface area contributed by atoms with Gasteiger partial charge in [-0.25, -0.2) is 4.68 Å². The summed E-state index contributed by atoms with van der Waals surface area (Å²) in [6.07, 6.45) is 5.63. The van der Waals surface area contributed by atoms with E-state index in [1.807, 2.05) is 7.05 Å². The minimum atomic E-state index is 0.603. The molecule has 0 saturated heterocycles. The monoisotopic (exact) mass is 193 g/mol. The molecule has 0 atom stereocenters. The van der Waals surface area contributed by atoms with Crippen molar-refractivity contribution >= 4 is 5.95 Å². The summed E-state index contributed by atoms with van der Waals surface area (Å²) in [6.45, 7) is 1.05. The molecule has 2 saturated carbocycles. The lowest BCUT2D eigenvalue weighted by Crippen LogP contribution is -2.19. The molecule has 1 heterocycles. The predicted octanol–water partition coefficient (Wildman–Crippen LogP) is 0.812. The van der Waals surface area contributed by atoms with Crippen LogP contribution in [-0.4, -0.2) is 26.8 Å². The summed E-state index contributed by atoms with van der Waals surface area (Å²) in [4.78, 5) is 0. The molecule has 2 aliphatic rings. The molecule has 1 N–H and O–H groups in total. The van der Waals surface area contributed by atoms with Gasteiger partial charge in [-0.3, -0.25) is 0 Å². The fraction of sp³-hybridized carbons (Fsp3) is 0.889. The minimum absolute atomic E-state index is 0.603. The van der Waals surface area contributed by atoms with Crippen molar-refractivity contribution in [2.75, 3.05) is 11.9 Å². The highest BCUT2D eigenvalue weighted by molar-refractivity contribution is 5.24. The van der Waals surface area contributed by atoms with Crippen molar-refractivity contribution in [2.24, 2.45) is 18.4 Å². The number of tetrazole rings is 1. The first kappa shape index (κ1) is 8.20. The Kier molecular flexibility index (Phi) is 1.57. The van der Waals surface area contributed by atoms with E-state index in [4.69, 9.17) is 0 Å². The van der Waals surface area contributed by atoms with Gasteiger partial charge < -0.3 is 5.32 Å². The van der Waals surface area contributed by atoms with Crippen molar-refractivity contribution < 1.29 is 0 Å². The van der Waals surface area contributed by atoms with Gasteiger partial charge in [-0.05, 0) is 47.4 Å². The van der Waals surface area contributed by atoms with Crippen molar-refractivity contribution in [1.82, 2.24) is 20.2 Å². The average Bonchev–Trinajstić information content (AvgIpc) is 3.04. The molecule has 0 amide bonds. The first-order valence-electron chi connectivity index (χ1n) is 5.26. The van der Waals surface area contributed by atoms with Crippen molar-refractivity contribution in [3.8, 4) is 0 Å². The molecule has 14 heavy (non-hydrogen) atoms. The Hall–Kier alpha value is -1.13. The van der Waals surface area contributed by atoms with Crippen LogP contribution in [0.25, 0.3) is 0 Å². The Labute approximate surface area is 82.9 Å². The van der Waals surface area contributed by atoms with E-state index >= 15 is 0 Å². The maximum atomic E-state index is 3.92. The zero-order valence-electron chi connectivity index (χ0n) is 8.40. The molecule has 0 aromatic carbocycles. The molecule has 5 nitrogen and oxygen atoms in total. The molecule has 5 heteroatoms. The van der Waals surface area contributed by atoms with E-state index in [0.29, 0.717) is 5.41 Å². The highest BCUT2D eigenvalue weighted by Gasteiger charge is 2.53. The first-order valence-corrected chi connectivity index (χ1v) is 5.26. The number of hydrogen-bond acceptors (Lipinski definition) is 4. The normalized spacial score (nSPS) is 23.5. The molecule has 0 bridgehead atoms. The largest absolute Gasteiger partial charge is 0.353 e. The summed E-state index contributed by atoms with van der Waals surface area (Å²) in [5.41, 5.74) is 0.603. The summed E-state index contributed by atoms with van der Waals surface area (Å²) >= 11 is 0. The van der Waals surface area contributed by atoms with Gasteiger partial charge >= 0.3 is 0 Å². The number of aryl methyl sites for hydroxylation is 1. The Morgan fingerprint density at radius 1 is 1.50 bits per heavy atom. The van der Waals surface area contributed by atoms with E-state index in [2.05, 4.69) is 20.8 Å². The molecule has 2 fully saturated rings. The molecule has 3 rings (SSSR count). The second-order valence-electron chi connectivity index (χ2n) is 4.62. The van der Waals surface area contributed by atoms with Crippen molar-refractivity contribution in [3.63, 3.8) is 0 Å². The van der Waals surface area contributed by atoms with E-state index in [1.165, 1.54) is 25.7 Å². The van der Waals surface area contributed by atoms with Gasteiger partial charge in [-0.1, -0.05) is 5.10 Å². The molecular formula is C9H15N5. The Morgan fingerprint density at radius 2 is 2.29 bits per heavy atom. The van der Waals surface area contributed by atoms with Crippen molar-refractivity contribution in [1.29, 1.82) is 0 Å². The third kappa shape index (κ3) is 1.27. The lowest BCUT2D eigenvalue weighted by Gasteiger charge is -2.14. The molecule has 0 spiro atoms. The number of nitrogens with zero attached hydrogens (tertiary/aromatic N) is 4. The topological polar surface area (TPSA) is 55.6 Å². The molecular weight excluding hydrogens is 178 g/mol. The third-order valence-electron chi connectivity index (χ3n) is 3.55. The maximum Gasteiger partial charge on any atom is 0.242 e. The van der Waals surface area contributed by atoms with E-state index in [9.17, 15) is 0 Å². The van der Waals surface area contributed by atoms with Crippen LogP contribution in [0.1, 0.15) is 25.7 Å². The standard InChI is InChI=1S/C9H15N5/c1-14-8(11-12-13-14)10-6-9(4-5-9)7-2-3-7/h7H,2-6H2,1H3,(H,10,11,13). The van der Waals surface area contributed by atoms with Gasteiger partial charge in [0.2, 0.25) is 5.95 Å². The van der Waals surface area contributed by atoms with Crippen molar-refractivity contribution in [2.45, 2.75) is 25.7 Å². The molecule has 2 aliphatic carbocycles. The van der Waals surface area contributed by atoms with Crippen LogP contribution in [0.15, 0.2) is 0 Å². The first-order chi connectivity index (χ1) is 6.80. The minimum Gasteiger partial charge on any atom is -0.353 e. The van der Waals surface area contributed by atoms with Crippen LogP contribution in [0, 0.1) is 11.3 Å². The molecule has 1 aromatic heterocycles. The summed E-state index contributed by atoms with van der Waals surface area (Å²) in [5, 5.41) is 14.7. The zero-order valence-corrected chi connectivity index (χ0v) is 8.40.